The predicted octanol–water partition coefficient (Wildman–Crippen LogP) is 3.72. The normalized spacial score (nSPS) is 10.6. The molecule has 2 aromatic carbocycles. The molecule has 1 aromatic heterocycles. The maximum atomic E-state index is 12.5. The zero-order valence-electron chi connectivity index (χ0n) is 15.0. The molecule has 0 aliphatic carbocycles. The van der Waals surface area contributed by atoms with Gasteiger partial charge in [0.15, 0.2) is 5.69 Å². The smallest absolute Gasteiger partial charge is 0.255 e. The number of ketones is 2. The molecular weight excluding hydrogens is 405 g/mol. The van der Waals surface area contributed by atoms with E-state index in [0.29, 0.717) is 23.1 Å². The molecule has 0 unspecified atom stereocenters. The second kappa shape index (κ2) is 8.41. The number of methoxy groups -OCH3 is 2. The molecule has 0 aliphatic rings. The first kappa shape index (κ1) is 19.9. The van der Waals surface area contributed by atoms with Crippen LogP contribution in [0.25, 0.3) is 0 Å². The van der Waals surface area contributed by atoms with Gasteiger partial charge >= 0.3 is 0 Å². The van der Waals surface area contributed by atoms with E-state index in [2.05, 4.69) is 10.3 Å². The highest BCUT2D eigenvalue weighted by molar-refractivity contribution is 6.51. The molecule has 0 saturated carbocycles. The molecule has 3 aromatic rings. The summed E-state index contributed by atoms with van der Waals surface area (Å²) >= 11 is 11.8. The Kier molecular flexibility index (Phi) is 5.96. The van der Waals surface area contributed by atoms with Crippen molar-refractivity contribution in [3.05, 3.63) is 69.5 Å². The van der Waals surface area contributed by atoms with E-state index in [1.807, 2.05) is 12.1 Å². The number of Topliss-reactive ketones (excluding diaryl/α,β-unsaturated/α-hetero) is 2. The van der Waals surface area contributed by atoms with Crippen LogP contribution in [0, 0.1) is 0 Å². The summed E-state index contributed by atoms with van der Waals surface area (Å²) in [5, 5.41) is 8.18. The van der Waals surface area contributed by atoms with Crippen LogP contribution in [0.15, 0.2) is 42.6 Å². The lowest BCUT2D eigenvalue weighted by atomic mass is 10.1. The highest BCUT2D eigenvalue weighted by atomic mass is 35.5. The monoisotopic (exact) mass is 419 g/mol. The van der Waals surface area contributed by atoms with E-state index in [9.17, 15) is 9.59 Å². The molecule has 9 heteroatoms. The Morgan fingerprint density at radius 2 is 1.68 bits per heavy atom. The fourth-order valence-electron chi connectivity index (χ4n) is 2.54. The Balaban J connectivity index is 1.80. The minimum Gasteiger partial charge on any atom is -0.497 e. The lowest BCUT2D eigenvalue weighted by Gasteiger charge is -2.08. The number of aromatic nitrogens is 3. The number of ether oxygens (including phenoxy) is 2. The predicted molar refractivity (Wildman–Crippen MR) is 104 cm³/mol. The summed E-state index contributed by atoms with van der Waals surface area (Å²) in [5.41, 5.74) is 0.807. The first-order chi connectivity index (χ1) is 13.4. The first-order valence-corrected chi connectivity index (χ1v) is 8.83. The van der Waals surface area contributed by atoms with Crippen molar-refractivity contribution < 1.29 is 19.1 Å². The second-order valence-corrected chi connectivity index (χ2v) is 6.65. The highest BCUT2D eigenvalue weighted by Crippen LogP contribution is 2.24. The van der Waals surface area contributed by atoms with E-state index in [0.717, 1.165) is 5.56 Å². The minimum absolute atomic E-state index is 0.0585. The fourth-order valence-corrected chi connectivity index (χ4v) is 3.03. The number of hydrogen-bond donors (Lipinski definition) is 0. The molecule has 0 N–H and O–H groups in total. The molecule has 0 atom stereocenters. The van der Waals surface area contributed by atoms with Gasteiger partial charge in [0.2, 0.25) is 5.78 Å². The standard InChI is InChI=1S/C19H15Cl2N3O4/c1-27-13-5-11(6-14(8-13)28-2)9-24-10-17(22-23-24)19(26)18(25)15-4-3-12(20)7-16(15)21/h3-8,10H,9H2,1-2H3. The Labute approximate surface area is 170 Å². The van der Waals surface area contributed by atoms with Crippen LogP contribution in [0.3, 0.4) is 0 Å². The summed E-state index contributed by atoms with van der Waals surface area (Å²) in [4.78, 5) is 24.9. The van der Waals surface area contributed by atoms with E-state index in [1.54, 1.807) is 20.3 Å². The second-order valence-electron chi connectivity index (χ2n) is 5.80. The molecule has 0 spiro atoms. The number of rotatable bonds is 7. The van der Waals surface area contributed by atoms with Gasteiger partial charge in [-0.2, -0.15) is 0 Å². The molecule has 0 aliphatic heterocycles. The van der Waals surface area contributed by atoms with Gasteiger partial charge in [-0.25, -0.2) is 4.68 Å². The lowest BCUT2D eigenvalue weighted by molar-refractivity contribution is 0.0814. The SMILES string of the molecule is COc1cc(Cn2cc(C(=O)C(=O)c3ccc(Cl)cc3Cl)nn2)cc(OC)c1. The summed E-state index contributed by atoms with van der Waals surface area (Å²) in [6.07, 6.45) is 1.40. The van der Waals surface area contributed by atoms with Crippen molar-refractivity contribution >= 4 is 34.8 Å². The molecule has 0 radical (unpaired) electrons. The van der Waals surface area contributed by atoms with Crippen molar-refractivity contribution in [3.8, 4) is 11.5 Å². The van der Waals surface area contributed by atoms with Gasteiger partial charge in [-0.3, -0.25) is 9.59 Å². The van der Waals surface area contributed by atoms with E-state index >= 15 is 0 Å². The zero-order chi connectivity index (χ0) is 20.3. The van der Waals surface area contributed by atoms with Crippen LogP contribution in [0.2, 0.25) is 10.0 Å². The van der Waals surface area contributed by atoms with Gasteiger partial charge in [0, 0.05) is 16.7 Å². The third-order valence-corrected chi connectivity index (χ3v) is 4.46. The molecule has 1 heterocycles. The van der Waals surface area contributed by atoms with Crippen LogP contribution in [-0.2, 0) is 6.54 Å². The third-order valence-electron chi connectivity index (χ3n) is 3.91. The van der Waals surface area contributed by atoms with Crippen molar-refractivity contribution in [3.63, 3.8) is 0 Å². The summed E-state index contributed by atoms with van der Waals surface area (Å²) < 4.78 is 11.9. The maximum Gasteiger partial charge on any atom is 0.255 e. The van der Waals surface area contributed by atoms with Crippen molar-refractivity contribution in [1.82, 2.24) is 15.0 Å². The quantitative estimate of drug-likeness (QED) is 0.428. The summed E-state index contributed by atoms with van der Waals surface area (Å²) in [6.45, 7) is 0.309. The number of carbonyl (C=O) groups is 2. The number of nitrogens with zero attached hydrogens (tertiary/aromatic N) is 3. The van der Waals surface area contributed by atoms with E-state index in [4.69, 9.17) is 32.7 Å². The average Bonchev–Trinajstić information content (AvgIpc) is 3.14. The number of carbonyl (C=O) groups excluding carboxylic acids is 2. The van der Waals surface area contributed by atoms with E-state index in [1.165, 1.54) is 29.1 Å². The van der Waals surface area contributed by atoms with Gasteiger partial charge in [0.05, 0.1) is 32.0 Å². The lowest BCUT2D eigenvalue weighted by Crippen LogP contribution is -2.15. The summed E-state index contributed by atoms with van der Waals surface area (Å²) in [5.74, 6) is -0.341. The van der Waals surface area contributed by atoms with Crippen molar-refractivity contribution in [1.29, 1.82) is 0 Å². The average molecular weight is 420 g/mol. The number of hydrogen-bond acceptors (Lipinski definition) is 6. The van der Waals surface area contributed by atoms with Crippen molar-refractivity contribution in [2.24, 2.45) is 0 Å². The summed E-state index contributed by atoms with van der Waals surface area (Å²) in [7, 11) is 3.11. The van der Waals surface area contributed by atoms with Crippen LogP contribution in [-0.4, -0.2) is 40.8 Å². The molecular formula is C19H15Cl2N3O4. The first-order valence-electron chi connectivity index (χ1n) is 8.07. The van der Waals surface area contributed by atoms with Crippen LogP contribution in [0.4, 0.5) is 0 Å². The third kappa shape index (κ3) is 4.32. The fraction of sp³-hybridized carbons (Fsp3) is 0.158. The minimum atomic E-state index is -0.807. The maximum absolute atomic E-state index is 12.5. The molecule has 0 bridgehead atoms. The number of halogens is 2. The topological polar surface area (TPSA) is 83.3 Å². The molecule has 3 rings (SSSR count). The van der Waals surface area contributed by atoms with E-state index in [-0.39, 0.29) is 16.3 Å². The van der Waals surface area contributed by atoms with Gasteiger partial charge < -0.3 is 9.47 Å². The Bertz CT molecular complexity index is 1030. The molecule has 0 saturated heterocycles. The molecule has 7 nitrogen and oxygen atoms in total. The Morgan fingerprint density at radius 1 is 1.00 bits per heavy atom. The molecule has 144 valence electrons. The van der Waals surface area contributed by atoms with Crippen molar-refractivity contribution in [2.45, 2.75) is 6.54 Å². The van der Waals surface area contributed by atoms with Gasteiger partial charge in [-0.1, -0.05) is 28.4 Å². The zero-order valence-corrected chi connectivity index (χ0v) is 16.5. The van der Waals surface area contributed by atoms with Crippen LogP contribution in [0.1, 0.15) is 26.4 Å². The molecule has 0 amide bonds. The van der Waals surface area contributed by atoms with Gasteiger partial charge in [-0.05, 0) is 35.9 Å². The van der Waals surface area contributed by atoms with E-state index < -0.39 is 11.6 Å². The Hall–Kier alpha value is -2.90. The van der Waals surface area contributed by atoms with Crippen LogP contribution >= 0.6 is 23.2 Å². The van der Waals surface area contributed by atoms with Gasteiger partial charge in [-0.15, -0.1) is 5.10 Å². The van der Waals surface area contributed by atoms with Crippen LogP contribution < -0.4 is 9.47 Å². The highest BCUT2D eigenvalue weighted by Gasteiger charge is 2.23. The van der Waals surface area contributed by atoms with Crippen molar-refractivity contribution in [2.75, 3.05) is 14.2 Å². The Morgan fingerprint density at radius 3 is 2.29 bits per heavy atom. The largest absolute Gasteiger partial charge is 0.497 e. The van der Waals surface area contributed by atoms with Gasteiger partial charge in [0.1, 0.15) is 11.5 Å². The van der Waals surface area contributed by atoms with Gasteiger partial charge in [0.25, 0.3) is 5.78 Å². The number of benzene rings is 2. The summed E-state index contributed by atoms with van der Waals surface area (Å²) in [6, 6.07) is 9.65. The van der Waals surface area contributed by atoms with Crippen LogP contribution in [0.5, 0.6) is 11.5 Å². The molecule has 28 heavy (non-hydrogen) atoms. The molecule has 0 fully saturated rings.